The number of aliphatic hydroxyl groups is 4. The number of benzene rings is 1. The fourth-order valence-electron chi connectivity index (χ4n) is 5.21. The third kappa shape index (κ3) is 2.46. The van der Waals surface area contributed by atoms with Gasteiger partial charge in [-0.05, 0) is 26.6 Å². The van der Waals surface area contributed by atoms with Crippen LogP contribution in [0.3, 0.4) is 0 Å². The van der Waals surface area contributed by atoms with E-state index in [2.05, 4.69) is 0 Å². The number of ketones is 2. The zero-order valence-corrected chi connectivity index (χ0v) is 17.0. The minimum absolute atomic E-state index is 0.497. The summed E-state index contributed by atoms with van der Waals surface area (Å²) in [6.07, 6.45) is -0.575. The average molecular weight is 448 g/mol. The number of Topliss-reactive ketones (excluding diaryl/α,β-unsaturated/α-hetero) is 2. The van der Waals surface area contributed by atoms with Gasteiger partial charge in [-0.3, -0.25) is 19.3 Å². The molecule has 0 bridgehead atoms. The summed E-state index contributed by atoms with van der Waals surface area (Å²) in [4.78, 5) is 39.5. The molecule has 1 aromatic carbocycles. The van der Waals surface area contributed by atoms with E-state index in [1.807, 2.05) is 0 Å². The molecule has 32 heavy (non-hydrogen) atoms. The Hall–Kier alpha value is -3.28. The molecule has 1 fully saturated rings. The minimum atomic E-state index is -3.27. The van der Waals surface area contributed by atoms with E-state index in [0.29, 0.717) is 0 Å². The summed E-state index contributed by atoms with van der Waals surface area (Å²) in [6, 6.07) is 2.07. The molecule has 1 saturated carbocycles. The number of amides is 1. The van der Waals surface area contributed by atoms with Gasteiger partial charge >= 0.3 is 0 Å². The third-order valence-corrected chi connectivity index (χ3v) is 6.64. The van der Waals surface area contributed by atoms with Gasteiger partial charge in [-0.1, -0.05) is 12.1 Å². The molecule has 170 valence electrons. The number of hydrogen-bond acceptors (Lipinski definition) is 9. The van der Waals surface area contributed by atoms with Crippen LogP contribution in [0, 0.1) is 11.8 Å². The van der Waals surface area contributed by atoms with Gasteiger partial charge in [0.15, 0.2) is 11.4 Å². The van der Waals surface area contributed by atoms with E-state index in [4.69, 9.17) is 5.73 Å². The van der Waals surface area contributed by atoms with E-state index in [-0.39, 0.29) is 0 Å². The molecule has 11 heteroatoms. The van der Waals surface area contributed by atoms with Crippen LogP contribution in [-0.2, 0) is 20.2 Å². The van der Waals surface area contributed by atoms with Crippen LogP contribution in [0.2, 0.25) is 0 Å². The Morgan fingerprint density at radius 2 is 1.81 bits per heavy atom. The van der Waals surface area contributed by atoms with Crippen molar-refractivity contribution in [1.82, 2.24) is 4.90 Å². The van der Waals surface area contributed by atoms with E-state index in [9.17, 15) is 39.9 Å². The van der Waals surface area contributed by atoms with Crippen LogP contribution in [0.5, 0.6) is 5.75 Å². The standard InChI is InChI=1S/C21H21FN2O8/c1-24(2)14-9-6-8-12(15(26)11-7(21(8,22)32)4-3-5-10(11)25)17(28)20(9,31)18(29)13(16(14)27)19(23)30/h3-5,8-9,14,25-26,29,31-32H,6H2,1-2H3,(H2,23,30)/t8-,9-,14-,20-,21+/m0/s1. The molecule has 10 nitrogen and oxygen atoms in total. The molecule has 0 radical (unpaired) electrons. The number of nitrogens with zero attached hydrogens (tertiary/aromatic N) is 1. The number of primary amides is 1. The van der Waals surface area contributed by atoms with Crippen molar-refractivity contribution in [2.45, 2.75) is 23.9 Å². The molecular weight excluding hydrogens is 427 g/mol. The van der Waals surface area contributed by atoms with Gasteiger partial charge in [0.25, 0.3) is 5.91 Å². The number of phenolic OH excluding ortho intramolecular Hbond substituents is 1. The Balaban J connectivity index is 2.05. The first-order chi connectivity index (χ1) is 14.8. The lowest BCUT2D eigenvalue weighted by atomic mass is 9.56. The Morgan fingerprint density at radius 3 is 2.38 bits per heavy atom. The smallest absolute Gasteiger partial charge is 0.255 e. The number of halogens is 1. The SMILES string of the molecule is CN(C)[C@@H]1C(=O)C(C(N)=O)=C(O)[C@@]2(O)C(=O)C3=C(O)c4c(O)cccc4[C@](O)(F)[C@H]3C[C@@H]12. The molecule has 0 saturated heterocycles. The number of rotatable bonds is 2. The number of hydrogen-bond donors (Lipinski definition) is 6. The third-order valence-electron chi connectivity index (χ3n) is 6.64. The first-order valence-electron chi connectivity index (χ1n) is 9.66. The van der Waals surface area contributed by atoms with Crippen molar-refractivity contribution in [3.05, 3.63) is 46.2 Å². The predicted octanol–water partition coefficient (Wildman–Crippen LogP) is -0.464. The Bertz CT molecular complexity index is 1150. The second-order valence-corrected chi connectivity index (χ2v) is 8.49. The predicted molar refractivity (Wildman–Crippen MR) is 106 cm³/mol. The van der Waals surface area contributed by atoms with Crippen LogP contribution in [-0.4, -0.2) is 73.6 Å². The van der Waals surface area contributed by atoms with Crippen molar-refractivity contribution in [1.29, 1.82) is 0 Å². The van der Waals surface area contributed by atoms with Crippen molar-refractivity contribution in [3.8, 4) is 5.75 Å². The van der Waals surface area contributed by atoms with Gasteiger partial charge in [-0.2, -0.15) is 0 Å². The summed E-state index contributed by atoms with van der Waals surface area (Å²) >= 11 is 0. The van der Waals surface area contributed by atoms with Gasteiger partial charge < -0.3 is 31.3 Å². The van der Waals surface area contributed by atoms with E-state index >= 15 is 4.39 Å². The number of aromatic hydroxyl groups is 1. The zero-order valence-electron chi connectivity index (χ0n) is 17.0. The first-order valence-corrected chi connectivity index (χ1v) is 9.66. The fourth-order valence-corrected chi connectivity index (χ4v) is 5.21. The fraction of sp³-hybridized carbons (Fsp3) is 0.381. The summed E-state index contributed by atoms with van der Waals surface area (Å²) in [7, 11) is 2.82. The van der Waals surface area contributed by atoms with Gasteiger partial charge in [0.2, 0.25) is 11.6 Å². The molecule has 0 unspecified atom stereocenters. The number of carbonyl (C=O) groups excluding carboxylic acids is 3. The van der Waals surface area contributed by atoms with Gasteiger partial charge in [-0.15, -0.1) is 0 Å². The van der Waals surface area contributed by atoms with E-state index in [1.165, 1.54) is 25.1 Å². The van der Waals surface area contributed by atoms with E-state index in [1.54, 1.807) is 0 Å². The number of likely N-dealkylation sites (N-methyl/N-ethyl adjacent to an activating group) is 1. The van der Waals surface area contributed by atoms with Crippen LogP contribution < -0.4 is 5.73 Å². The molecule has 3 aliphatic rings. The minimum Gasteiger partial charge on any atom is -0.508 e. The summed E-state index contributed by atoms with van der Waals surface area (Å²) in [5.41, 5.74) is -0.517. The molecule has 0 aromatic heterocycles. The maximum Gasteiger partial charge on any atom is 0.255 e. The van der Waals surface area contributed by atoms with E-state index < -0.39 is 92.8 Å². The molecule has 5 atom stereocenters. The lowest BCUT2D eigenvalue weighted by molar-refractivity contribution is -0.179. The highest BCUT2D eigenvalue weighted by Gasteiger charge is 2.67. The van der Waals surface area contributed by atoms with Crippen molar-refractivity contribution in [3.63, 3.8) is 0 Å². The van der Waals surface area contributed by atoms with Crippen molar-refractivity contribution < 1.29 is 44.3 Å². The van der Waals surface area contributed by atoms with Crippen molar-refractivity contribution in [2.75, 3.05) is 14.1 Å². The molecule has 0 spiro atoms. The molecule has 3 aliphatic carbocycles. The van der Waals surface area contributed by atoms with Crippen molar-refractivity contribution >= 4 is 23.2 Å². The number of phenols is 1. The maximum atomic E-state index is 15.8. The van der Waals surface area contributed by atoms with Crippen molar-refractivity contribution in [2.24, 2.45) is 17.6 Å². The highest BCUT2D eigenvalue weighted by atomic mass is 19.2. The van der Waals surface area contributed by atoms with Gasteiger partial charge in [-0.25, -0.2) is 4.39 Å². The molecule has 1 aromatic rings. The first kappa shape index (κ1) is 21.9. The molecular formula is C21H21FN2O8. The van der Waals surface area contributed by atoms with Gasteiger partial charge in [0.1, 0.15) is 22.8 Å². The molecule has 4 rings (SSSR count). The summed E-state index contributed by atoms with van der Waals surface area (Å²) in [5, 5.41) is 53.7. The second-order valence-electron chi connectivity index (χ2n) is 8.49. The molecule has 7 N–H and O–H groups in total. The number of carbonyl (C=O) groups is 3. The van der Waals surface area contributed by atoms with E-state index in [0.717, 1.165) is 12.1 Å². The number of fused-ring (bicyclic) bond motifs is 3. The quantitative estimate of drug-likeness (QED) is 0.326. The Kier molecular flexibility index (Phi) is 4.53. The van der Waals surface area contributed by atoms with Crippen LogP contribution in [0.1, 0.15) is 17.5 Å². The normalized spacial score (nSPS) is 34.4. The average Bonchev–Trinajstić information content (AvgIpc) is 2.68. The highest BCUT2D eigenvalue weighted by molar-refractivity contribution is 6.24. The summed E-state index contributed by atoms with van der Waals surface area (Å²) in [6.45, 7) is 0. The highest BCUT2D eigenvalue weighted by Crippen LogP contribution is 2.57. The topological polar surface area (TPSA) is 182 Å². The number of nitrogens with two attached hydrogens (primary N) is 1. The maximum absolute atomic E-state index is 15.8. The Morgan fingerprint density at radius 1 is 1.19 bits per heavy atom. The largest absolute Gasteiger partial charge is 0.508 e. The van der Waals surface area contributed by atoms with Gasteiger partial charge in [0, 0.05) is 11.5 Å². The zero-order chi connectivity index (χ0) is 23.9. The lowest BCUT2D eigenvalue weighted by Crippen LogP contribution is -2.66. The number of aliphatic hydroxyl groups excluding tert-OH is 2. The number of alkyl halides is 1. The summed E-state index contributed by atoms with van der Waals surface area (Å²) in [5.74, 6) is -13.1. The Labute approximate surface area is 180 Å². The van der Waals surface area contributed by atoms with Crippen LogP contribution >= 0.6 is 0 Å². The van der Waals surface area contributed by atoms with Crippen LogP contribution in [0.25, 0.3) is 5.76 Å². The van der Waals surface area contributed by atoms with Crippen LogP contribution in [0.15, 0.2) is 35.1 Å². The monoisotopic (exact) mass is 448 g/mol. The van der Waals surface area contributed by atoms with Gasteiger partial charge in [0.05, 0.1) is 23.1 Å². The van der Waals surface area contributed by atoms with Crippen LogP contribution in [0.4, 0.5) is 4.39 Å². The molecule has 0 heterocycles. The molecule has 1 amide bonds. The summed E-state index contributed by atoms with van der Waals surface area (Å²) < 4.78 is 15.8. The second kappa shape index (κ2) is 6.61. The molecule has 0 aliphatic heterocycles. The lowest BCUT2D eigenvalue weighted by Gasteiger charge is -2.51.